The third-order valence-corrected chi connectivity index (χ3v) is 5.46. The number of carbonyl (C=O) groups excluding carboxylic acids is 1. The largest absolute Gasteiger partial charge is 0.461 e. The van der Waals surface area contributed by atoms with Crippen LogP contribution in [0.2, 0.25) is 5.02 Å². The molecule has 0 saturated carbocycles. The van der Waals surface area contributed by atoms with Gasteiger partial charge in [-0.2, -0.15) is 0 Å². The maximum atomic E-state index is 12.8. The summed E-state index contributed by atoms with van der Waals surface area (Å²) < 4.78 is 34.6. The minimum atomic E-state index is -3.96. The van der Waals surface area contributed by atoms with E-state index >= 15 is 0 Å². The predicted molar refractivity (Wildman–Crippen MR) is 106 cm³/mol. The molecular weight excluding hydrogens is 402 g/mol. The number of carbonyl (C=O) groups is 1. The van der Waals surface area contributed by atoms with Gasteiger partial charge >= 0.3 is 5.97 Å². The molecule has 0 aliphatic carbocycles. The molecule has 0 aliphatic rings. The molecule has 0 bridgehead atoms. The predicted octanol–water partition coefficient (Wildman–Crippen LogP) is 3.56. The van der Waals surface area contributed by atoms with E-state index in [9.17, 15) is 13.2 Å². The van der Waals surface area contributed by atoms with Crippen LogP contribution in [0.3, 0.4) is 0 Å². The summed E-state index contributed by atoms with van der Waals surface area (Å²) in [4.78, 5) is 16.3. The van der Waals surface area contributed by atoms with Crippen LogP contribution in [-0.2, 0) is 21.3 Å². The number of aromatic nitrogens is 2. The molecule has 0 radical (unpaired) electrons. The molecule has 1 N–H and O–H groups in total. The highest BCUT2D eigenvalue weighted by atomic mass is 35.5. The van der Waals surface area contributed by atoms with E-state index in [1.807, 2.05) is 30.3 Å². The second kappa shape index (κ2) is 8.45. The molecule has 28 heavy (non-hydrogen) atoms. The fourth-order valence-corrected chi connectivity index (χ4v) is 3.74. The van der Waals surface area contributed by atoms with E-state index in [1.54, 1.807) is 11.5 Å². The molecule has 3 aromatic rings. The summed E-state index contributed by atoms with van der Waals surface area (Å²) in [6.07, 6.45) is 1.40. The fourth-order valence-electron chi connectivity index (χ4n) is 2.54. The lowest BCUT2D eigenvalue weighted by Crippen LogP contribution is -2.19. The first-order valence-corrected chi connectivity index (χ1v) is 10.3. The van der Waals surface area contributed by atoms with Gasteiger partial charge in [-0.15, -0.1) is 0 Å². The molecule has 0 aliphatic heterocycles. The Labute approximate surface area is 168 Å². The van der Waals surface area contributed by atoms with Crippen LogP contribution in [0.15, 0.2) is 65.8 Å². The van der Waals surface area contributed by atoms with E-state index in [0.29, 0.717) is 11.6 Å². The molecule has 146 valence electrons. The normalized spacial score (nSPS) is 11.2. The highest BCUT2D eigenvalue weighted by Gasteiger charge is 2.24. The number of imidazole rings is 1. The van der Waals surface area contributed by atoms with Crippen LogP contribution >= 0.6 is 11.6 Å². The lowest BCUT2D eigenvalue weighted by atomic mass is 10.2. The van der Waals surface area contributed by atoms with Gasteiger partial charge in [0.15, 0.2) is 11.5 Å². The van der Waals surface area contributed by atoms with Gasteiger partial charge in [0.05, 0.1) is 24.4 Å². The molecule has 0 amide bonds. The number of benzene rings is 2. The molecule has 7 nitrogen and oxygen atoms in total. The maximum Gasteiger partial charge on any atom is 0.360 e. The Morgan fingerprint density at radius 2 is 1.82 bits per heavy atom. The highest BCUT2D eigenvalue weighted by molar-refractivity contribution is 7.92. The molecule has 0 unspecified atom stereocenters. The van der Waals surface area contributed by atoms with Gasteiger partial charge in [-0.25, -0.2) is 18.2 Å². The Morgan fingerprint density at radius 1 is 1.14 bits per heavy atom. The van der Waals surface area contributed by atoms with E-state index in [4.69, 9.17) is 16.3 Å². The summed E-state index contributed by atoms with van der Waals surface area (Å²) in [7, 11) is -3.96. The topological polar surface area (TPSA) is 90.3 Å². The summed E-state index contributed by atoms with van der Waals surface area (Å²) >= 11 is 5.83. The minimum absolute atomic E-state index is 0.0131. The van der Waals surface area contributed by atoms with Crippen molar-refractivity contribution < 1.29 is 17.9 Å². The fraction of sp³-hybridized carbons (Fsp3) is 0.158. The quantitative estimate of drug-likeness (QED) is 0.591. The van der Waals surface area contributed by atoms with Gasteiger partial charge in [0.2, 0.25) is 0 Å². The second-order valence-corrected chi connectivity index (χ2v) is 7.95. The Morgan fingerprint density at radius 3 is 2.46 bits per heavy atom. The summed E-state index contributed by atoms with van der Waals surface area (Å²) in [6.45, 7) is 2.13. The summed E-state index contributed by atoms with van der Waals surface area (Å²) in [5.41, 5.74) is 0.817. The van der Waals surface area contributed by atoms with Crippen LogP contribution in [0.25, 0.3) is 0 Å². The van der Waals surface area contributed by atoms with Crippen molar-refractivity contribution in [1.29, 1.82) is 0 Å². The lowest BCUT2D eigenvalue weighted by Gasteiger charge is -2.13. The first-order valence-electron chi connectivity index (χ1n) is 8.45. The van der Waals surface area contributed by atoms with Crippen LogP contribution in [0, 0.1) is 0 Å². The molecule has 9 heteroatoms. The van der Waals surface area contributed by atoms with Crippen molar-refractivity contribution in [2.45, 2.75) is 18.4 Å². The number of nitrogens with one attached hydrogen (secondary N) is 1. The maximum absolute atomic E-state index is 12.8. The first-order chi connectivity index (χ1) is 13.4. The zero-order valence-electron chi connectivity index (χ0n) is 15.0. The number of hydrogen-bond donors (Lipinski definition) is 1. The van der Waals surface area contributed by atoms with Gasteiger partial charge in [-0.05, 0) is 36.8 Å². The molecule has 3 rings (SSSR count). The van der Waals surface area contributed by atoms with Crippen molar-refractivity contribution in [3.63, 3.8) is 0 Å². The number of nitrogens with zero attached hydrogens (tertiary/aromatic N) is 2. The van der Waals surface area contributed by atoms with Gasteiger partial charge in [0, 0.05) is 5.02 Å². The van der Waals surface area contributed by atoms with Gasteiger partial charge < -0.3 is 9.30 Å². The summed E-state index contributed by atoms with van der Waals surface area (Å²) in [5, 5.41) is 0.417. The van der Waals surface area contributed by atoms with Crippen LogP contribution < -0.4 is 4.72 Å². The first kappa shape index (κ1) is 19.9. The Balaban J connectivity index is 1.99. The number of rotatable bonds is 7. The highest BCUT2D eigenvalue weighted by Crippen LogP contribution is 2.23. The van der Waals surface area contributed by atoms with Crippen LogP contribution in [0.4, 0.5) is 5.82 Å². The van der Waals surface area contributed by atoms with Gasteiger partial charge in [0.1, 0.15) is 0 Å². The second-order valence-electron chi connectivity index (χ2n) is 5.84. The molecule has 0 saturated heterocycles. The number of ether oxygens (including phenoxy) is 1. The van der Waals surface area contributed by atoms with Crippen LogP contribution in [-0.4, -0.2) is 30.5 Å². The monoisotopic (exact) mass is 419 g/mol. The van der Waals surface area contributed by atoms with Gasteiger partial charge in [-0.3, -0.25) is 4.72 Å². The Bertz CT molecular complexity index is 1060. The van der Waals surface area contributed by atoms with Crippen molar-refractivity contribution in [2.24, 2.45) is 0 Å². The summed E-state index contributed by atoms with van der Waals surface area (Å²) in [6, 6.07) is 15.1. The summed E-state index contributed by atoms with van der Waals surface area (Å²) in [5.74, 6) is -0.666. The average Bonchev–Trinajstić information content (AvgIpc) is 3.05. The zero-order chi connectivity index (χ0) is 20.1. The third kappa shape index (κ3) is 4.52. The Hall–Kier alpha value is -2.84. The van der Waals surface area contributed by atoms with Gasteiger partial charge in [0.25, 0.3) is 10.0 Å². The smallest absolute Gasteiger partial charge is 0.360 e. The van der Waals surface area contributed by atoms with E-state index < -0.39 is 16.0 Å². The van der Waals surface area contributed by atoms with Crippen molar-refractivity contribution >= 4 is 33.4 Å². The average molecular weight is 420 g/mol. The van der Waals surface area contributed by atoms with E-state index in [1.165, 1.54) is 30.6 Å². The number of halogens is 1. The molecular formula is C19H18ClN3O4S. The molecule has 0 spiro atoms. The van der Waals surface area contributed by atoms with Crippen LogP contribution in [0.5, 0.6) is 0 Å². The van der Waals surface area contributed by atoms with Crippen molar-refractivity contribution in [1.82, 2.24) is 9.55 Å². The van der Waals surface area contributed by atoms with E-state index in [0.717, 1.165) is 5.56 Å². The molecule has 2 aromatic carbocycles. The molecule has 1 aromatic heterocycles. The standard InChI is InChI=1S/C19H18ClN3O4S/c1-2-27-19(24)17-18(22-28(25,26)16-10-8-15(20)9-11-16)23(13-21-17)12-14-6-4-3-5-7-14/h3-11,13,22H,2,12H2,1H3. The molecule has 0 atom stereocenters. The van der Waals surface area contributed by atoms with Crippen molar-refractivity contribution in [2.75, 3.05) is 11.3 Å². The van der Waals surface area contributed by atoms with Crippen molar-refractivity contribution in [3.8, 4) is 0 Å². The number of esters is 1. The number of anilines is 1. The third-order valence-electron chi connectivity index (χ3n) is 3.86. The van der Waals surface area contributed by atoms with E-state index in [-0.39, 0.29) is 23.0 Å². The van der Waals surface area contributed by atoms with Crippen molar-refractivity contribution in [3.05, 3.63) is 77.2 Å². The van der Waals surface area contributed by atoms with Crippen LogP contribution in [0.1, 0.15) is 23.0 Å². The number of sulfonamides is 1. The Kier molecular flexibility index (Phi) is 6.01. The minimum Gasteiger partial charge on any atom is -0.461 e. The molecule has 0 fully saturated rings. The number of hydrogen-bond acceptors (Lipinski definition) is 5. The SMILES string of the molecule is CCOC(=O)c1ncn(Cc2ccccc2)c1NS(=O)(=O)c1ccc(Cl)cc1. The zero-order valence-corrected chi connectivity index (χ0v) is 16.6. The van der Waals surface area contributed by atoms with Gasteiger partial charge in [-0.1, -0.05) is 41.9 Å². The lowest BCUT2D eigenvalue weighted by molar-refractivity contribution is 0.0521. The van der Waals surface area contributed by atoms with E-state index in [2.05, 4.69) is 9.71 Å². The molecule has 1 heterocycles.